The molecule has 178 valence electrons. The predicted octanol–water partition coefficient (Wildman–Crippen LogP) is 9.26. The molecule has 0 unspecified atom stereocenters. The summed E-state index contributed by atoms with van der Waals surface area (Å²) in [7, 11) is 0. The van der Waals surface area contributed by atoms with Gasteiger partial charge in [0.05, 0.1) is 12.7 Å². The Bertz CT molecular complexity index is 682. The van der Waals surface area contributed by atoms with Crippen LogP contribution >= 0.6 is 0 Å². The van der Waals surface area contributed by atoms with Gasteiger partial charge in [0.2, 0.25) is 0 Å². The second kappa shape index (κ2) is 11.4. The molecular weight excluding hydrogens is 388 g/mol. The third-order valence-electron chi connectivity index (χ3n) is 9.42. The Labute approximate surface area is 198 Å². The van der Waals surface area contributed by atoms with Crippen LogP contribution in [0.1, 0.15) is 134 Å². The minimum atomic E-state index is 0.488. The van der Waals surface area contributed by atoms with E-state index in [-0.39, 0.29) is 0 Å². The lowest BCUT2D eigenvalue weighted by Gasteiger charge is -2.54. The molecule has 4 saturated carbocycles. The van der Waals surface area contributed by atoms with Crippen LogP contribution in [0.2, 0.25) is 0 Å². The van der Waals surface area contributed by atoms with Crippen molar-refractivity contribution in [2.45, 2.75) is 134 Å². The maximum atomic E-state index is 6.13. The van der Waals surface area contributed by atoms with Crippen LogP contribution in [0.15, 0.2) is 36.4 Å². The highest BCUT2D eigenvalue weighted by Crippen LogP contribution is 2.59. The summed E-state index contributed by atoms with van der Waals surface area (Å²) in [6.07, 6.45) is 26.7. The molecule has 2 bridgehead atoms. The molecule has 0 spiro atoms. The van der Waals surface area contributed by atoms with Crippen LogP contribution in [0.3, 0.4) is 0 Å². The van der Waals surface area contributed by atoms with E-state index >= 15 is 0 Å². The van der Waals surface area contributed by atoms with Gasteiger partial charge < -0.3 is 4.74 Å². The van der Waals surface area contributed by atoms with Crippen molar-refractivity contribution in [3.63, 3.8) is 0 Å². The molecule has 1 nitrogen and oxygen atoms in total. The van der Waals surface area contributed by atoms with E-state index in [9.17, 15) is 0 Å². The first-order chi connectivity index (χ1) is 15.7. The zero-order chi connectivity index (χ0) is 22.3. The number of fused-ring (bicyclic) bond motifs is 3. The molecule has 4 fully saturated rings. The van der Waals surface area contributed by atoms with Gasteiger partial charge in [0.1, 0.15) is 0 Å². The van der Waals surface area contributed by atoms with E-state index in [2.05, 4.69) is 50.3 Å². The van der Waals surface area contributed by atoms with Crippen LogP contribution in [0.25, 0.3) is 0 Å². The maximum absolute atomic E-state index is 6.13. The number of rotatable bonds is 11. The van der Waals surface area contributed by atoms with Gasteiger partial charge in [0, 0.05) is 0 Å². The smallest absolute Gasteiger partial charge is 0.0575 e. The number of unbranched alkanes of at least 4 members (excludes halogenated alkanes) is 2. The quantitative estimate of drug-likeness (QED) is 0.248. The molecule has 0 aliphatic heterocycles. The van der Waals surface area contributed by atoms with Crippen molar-refractivity contribution in [1.82, 2.24) is 0 Å². The van der Waals surface area contributed by atoms with Crippen molar-refractivity contribution in [2.75, 3.05) is 6.61 Å². The molecule has 1 heteroatoms. The van der Waals surface area contributed by atoms with Crippen molar-refractivity contribution in [3.05, 3.63) is 47.5 Å². The number of allylic oxidation sites excluding steroid dienone is 1. The first-order valence-electron chi connectivity index (χ1n) is 14.1. The monoisotopic (exact) mass is 436 g/mol. The molecule has 0 amide bonds. The van der Waals surface area contributed by atoms with Crippen LogP contribution in [-0.2, 0) is 10.2 Å². The number of ether oxygens (including phenoxy) is 1. The Hall–Kier alpha value is -1.08. The number of benzene rings is 1. The van der Waals surface area contributed by atoms with E-state index in [0.717, 1.165) is 25.4 Å². The molecule has 1 aromatic carbocycles. The molecular formula is C31H48O. The first-order valence-corrected chi connectivity index (χ1v) is 14.1. The van der Waals surface area contributed by atoms with Crippen LogP contribution in [0, 0.1) is 5.41 Å². The Morgan fingerprint density at radius 3 is 2.16 bits per heavy atom. The van der Waals surface area contributed by atoms with Gasteiger partial charge in [0.15, 0.2) is 0 Å². The topological polar surface area (TPSA) is 9.23 Å². The minimum Gasteiger partial charge on any atom is -0.378 e. The fraction of sp³-hybridized carbons (Fsp3) is 0.742. The summed E-state index contributed by atoms with van der Waals surface area (Å²) in [5.41, 5.74) is 4.45. The van der Waals surface area contributed by atoms with E-state index in [1.54, 1.807) is 11.1 Å². The zero-order valence-electron chi connectivity index (χ0n) is 21.0. The van der Waals surface area contributed by atoms with Crippen LogP contribution in [0.4, 0.5) is 0 Å². The fourth-order valence-electron chi connectivity index (χ4n) is 7.08. The van der Waals surface area contributed by atoms with Gasteiger partial charge in [-0.2, -0.15) is 0 Å². The van der Waals surface area contributed by atoms with E-state index in [4.69, 9.17) is 4.74 Å². The van der Waals surface area contributed by atoms with Gasteiger partial charge in [-0.15, -0.1) is 0 Å². The molecule has 0 atom stereocenters. The maximum Gasteiger partial charge on any atom is 0.0575 e. The van der Waals surface area contributed by atoms with Gasteiger partial charge >= 0.3 is 0 Å². The summed E-state index contributed by atoms with van der Waals surface area (Å²) in [6.45, 7) is 5.42. The lowest BCUT2D eigenvalue weighted by Crippen LogP contribution is -2.44. The lowest BCUT2D eigenvalue weighted by atomic mass is 9.51. The second-order valence-electron chi connectivity index (χ2n) is 11.4. The third kappa shape index (κ3) is 5.69. The lowest BCUT2D eigenvalue weighted by molar-refractivity contribution is 0.0273. The average molecular weight is 437 g/mol. The highest BCUT2D eigenvalue weighted by molar-refractivity contribution is 5.33. The van der Waals surface area contributed by atoms with Crippen LogP contribution in [-0.4, -0.2) is 12.7 Å². The molecule has 0 saturated heterocycles. The predicted molar refractivity (Wildman–Crippen MR) is 137 cm³/mol. The second-order valence-corrected chi connectivity index (χ2v) is 11.4. The van der Waals surface area contributed by atoms with Gasteiger partial charge in [-0.25, -0.2) is 0 Å². The fourth-order valence-corrected chi connectivity index (χ4v) is 7.08. The molecule has 4 aliphatic rings. The summed E-state index contributed by atoms with van der Waals surface area (Å²) < 4.78 is 6.13. The van der Waals surface area contributed by atoms with Crippen LogP contribution < -0.4 is 0 Å². The molecule has 0 radical (unpaired) electrons. The summed E-state index contributed by atoms with van der Waals surface area (Å²) in [4.78, 5) is 0. The van der Waals surface area contributed by atoms with Gasteiger partial charge in [-0.3, -0.25) is 0 Å². The Morgan fingerprint density at radius 1 is 0.844 bits per heavy atom. The first kappa shape index (κ1) is 24.1. The molecule has 0 heterocycles. The number of hydrogen-bond donors (Lipinski definition) is 0. The highest BCUT2D eigenvalue weighted by atomic mass is 16.5. The van der Waals surface area contributed by atoms with Crippen LogP contribution in [0.5, 0.6) is 0 Å². The van der Waals surface area contributed by atoms with Crippen molar-refractivity contribution in [2.24, 2.45) is 5.41 Å². The Balaban J connectivity index is 1.25. The third-order valence-corrected chi connectivity index (χ3v) is 9.42. The molecule has 4 aliphatic carbocycles. The average Bonchev–Trinajstić information content (AvgIpc) is 2.86. The van der Waals surface area contributed by atoms with Crippen molar-refractivity contribution in [3.8, 4) is 0 Å². The van der Waals surface area contributed by atoms with E-state index in [1.165, 1.54) is 89.9 Å². The van der Waals surface area contributed by atoms with E-state index in [0.29, 0.717) is 16.9 Å². The van der Waals surface area contributed by atoms with Crippen molar-refractivity contribution >= 4 is 0 Å². The van der Waals surface area contributed by atoms with Gasteiger partial charge in [0.25, 0.3) is 0 Å². The summed E-state index contributed by atoms with van der Waals surface area (Å²) in [5, 5.41) is 0. The molecule has 5 rings (SSSR count). The Kier molecular flexibility index (Phi) is 8.55. The van der Waals surface area contributed by atoms with E-state index < -0.39 is 0 Å². The van der Waals surface area contributed by atoms with Crippen molar-refractivity contribution < 1.29 is 4.74 Å². The summed E-state index contributed by atoms with van der Waals surface area (Å²) in [6, 6.07) is 10.0. The normalized spacial score (nSPS) is 32.6. The molecule has 32 heavy (non-hydrogen) atoms. The van der Waals surface area contributed by atoms with Crippen molar-refractivity contribution in [1.29, 1.82) is 0 Å². The van der Waals surface area contributed by atoms with E-state index in [1.807, 2.05) is 0 Å². The number of hydrogen-bond acceptors (Lipinski definition) is 1. The van der Waals surface area contributed by atoms with Gasteiger partial charge in [-0.05, 0) is 111 Å². The standard InChI is InChI=1S/C31H48O/c1-3-5-7-9-25-32-29-16-12-27(13-17-29)26-10-14-28(15-11-26)31-22-19-30(20-23-31,21-24-31)18-8-6-4-2/h5,7,10-11,14-15,27,29H,3-4,6,8-9,12-13,16-25H2,1-2H3/b7-5-/t27-,29-,30?,31?. The minimum absolute atomic E-state index is 0.488. The molecule has 1 aromatic rings. The largest absolute Gasteiger partial charge is 0.378 e. The molecule has 0 N–H and O–H groups in total. The van der Waals surface area contributed by atoms with Gasteiger partial charge in [-0.1, -0.05) is 69.5 Å². The Morgan fingerprint density at radius 2 is 1.53 bits per heavy atom. The summed E-state index contributed by atoms with van der Waals surface area (Å²) >= 11 is 0. The molecule has 0 aromatic heterocycles. The zero-order valence-corrected chi connectivity index (χ0v) is 21.0. The highest BCUT2D eigenvalue weighted by Gasteiger charge is 2.48. The summed E-state index contributed by atoms with van der Waals surface area (Å²) in [5.74, 6) is 0.741. The SMILES string of the molecule is CC/C=C\CCO[C@H]1CC[C@H](c2ccc(C34CCC(CCCCC)(CC3)CC4)cc2)CC1.